The Bertz CT molecular complexity index is 1490. The average molecular weight is 681 g/mol. The van der Waals surface area contributed by atoms with E-state index in [1.165, 1.54) is 0 Å². The summed E-state index contributed by atoms with van der Waals surface area (Å²) < 4.78 is 11.7. The number of carbonyl (C=O) groups excluding carboxylic acids is 3. The van der Waals surface area contributed by atoms with Crippen LogP contribution in [0.2, 0.25) is 0 Å². The van der Waals surface area contributed by atoms with Gasteiger partial charge in [0.2, 0.25) is 11.8 Å². The molecule has 0 radical (unpaired) electrons. The van der Waals surface area contributed by atoms with E-state index in [1.807, 2.05) is 91.0 Å². The van der Waals surface area contributed by atoms with Crippen LogP contribution in [-0.4, -0.2) is 59.6 Å². The van der Waals surface area contributed by atoms with E-state index in [2.05, 4.69) is 18.5 Å². The van der Waals surface area contributed by atoms with Crippen molar-refractivity contribution in [3.63, 3.8) is 0 Å². The highest BCUT2D eigenvalue weighted by atomic mass is 16.5. The van der Waals surface area contributed by atoms with Crippen LogP contribution in [0.1, 0.15) is 61.6 Å². The molecule has 266 valence electrons. The fraction of sp³-hybridized carbons (Fsp3) is 0.405. The number of hydrogen-bond donors (Lipinski definition) is 2. The number of nitrogens with zero attached hydrogens (tertiary/aromatic N) is 1. The number of carbonyl (C=O) groups is 3. The molecule has 8 nitrogen and oxygen atoms in total. The minimum absolute atomic E-state index is 0.0287. The SMILES string of the molecule is C=CCCCC(Cc1ccccc1)C(=O)OCC1CCCN1C(=O)C(CC=C)CC(=O)NC(CO)Cc1ccc(OCc2ccccc2)cc1. The first-order valence-corrected chi connectivity index (χ1v) is 17.8. The summed E-state index contributed by atoms with van der Waals surface area (Å²) in [5.41, 5.74) is 3.10. The monoisotopic (exact) mass is 680 g/mol. The molecule has 1 saturated heterocycles. The Morgan fingerprint density at radius 3 is 2.22 bits per heavy atom. The second-order valence-corrected chi connectivity index (χ2v) is 13.1. The van der Waals surface area contributed by atoms with E-state index in [0.717, 1.165) is 48.1 Å². The molecular formula is C42H52N2O6. The zero-order valence-electron chi connectivity index (χ0n) is 29.1. The summed E-state index contributed by atoms with van der Waals surface area (Å²) in [6, 6.07) is 26.7. The highest BCUT2D eigenvalue weighted by molar-refractivity contribution is 5.86. The molecule has 1 heterocycles. The number of aliphatic hydroxyl groups excluding tert-OH is 1. The van der Waals surface area contributed by atoms with Crippen molar-refractivity contribution in [1.82, 2.24) is 10.2 Å². The maximum atomic E-state index is 13.8. The van der Waals surface area contributed by atoms with Gasteiger partial charge in [-0.1, -0.05) is 84.9 Å². The van der Waals surface area contributed by atoms with Crippen LogP contribution in [0.15, 0.2) is 110 Å². The zero-order valence-corrected chi connectivity index (χ0v) is 29.1. The quantitative estimate of drug-likeness (QED) is 0.0745. The molecule has 4 atom stereocenters. The van der Waals surface area contributed by atoms with Crippen LogP contribution in [-0.2, 0) is 38.6 Å². The lowest BCUT2D eigenvalue weighted by atomic mass is 9.94. The van der Waals surface area contributed by atoms with Gasteiger partial charge in [0.05, 0.1) is 30.5 Å². The summed E-state index contributed by atoms with van der Waals surface area (Å²) in [6.07, 6.45) is 8.77. The average Bonchev–Trinajstić information content (AvgIpc) is 3.62. The molecule has 0 spiro atoms. The molecule has 4 rings (SSSR count). The molecule has 1 aliphatic heterocycles. The number of rotatable bonds is 21. The number of unbranched alkanes of at least 4 members (excludes halogenated alkanes) is 1. The van der Waals surface area contributed by atoms with Crippen LogP contribution in [0.4, 0.5) is 0 Å². The first-order valence-electron chi connectivity index (χ1n) is 17.8. The van der Waals surface area contributed by atoms with Gasteiger partial charge in [-0.15, -0.1) is 13.2 Å². The van der Waals surface area contributed by atoms with Crippen molar-refractivity contribution in [3.05, 3.63) is 127 Å². The van der Waals surface area contributed by atoms with Gasteiger partial charge in [0.25, 0.3) is 0 Å². The van der Waals surface area contributed by atoms with E-state index >= 15 is 0 Å². The van der Waals surface area contributed by atoms with E-state index in [-0.39, 0.29) is 49.4 Å². The van der Waals surface area contributed by atoms with Gasteiger partial charge in [0, 0.05) is 13.0 Å². The first-order chi connectivity index (χ1) is 24.4. The van der Waals surface area contributed by atoms with E-state index in [9.17, 15) is 19.5 Å². The first kappa shape index (κ1) is 38.1. The summed E-state index contributed by atoms with van der Waals surface area (Å²) in [4.78, 5) is 42.0. The van der Waals surface area contributed by atoms with Gasteiger partial charge >= 0.3 is 5.97 Å². The van der Waals surface area contributed by atoms with Gasteiger partial charge in [0.1, 0.15) is 19.0 Å². The Kier molecular flexibility index (Phi) is 15.8. The Morgan fingerprint density at radius 1 is 0.880 bits per heavy atom. The molecule has 1 aliphatic rings. The number of esters is 1. The van der Waals surface area contributed by atoms with Gasteiger partial charge in [-0.3, -0.25) is 14.4 Å². The highest BCUT2D eigenvalue weighted by Crippen LogP contribution is 2.25. The summed E-state index contributed by atoms with van der Waals surface area (Å²) in [7, 11) is 0. The lowest BCUT2D eigenvalue weighted by Crippen LogP contribution is -2.45. The maximum absolute atomic E-state index is 13.8. The van der Waals surface area contributed by atoms with Gasteiger partial charge in [-0.25, -0.2) is 0 Å². The topological polar surface area (TPSA) is 105 Å². The fourth-order valence-electron chi connectivity index (χ4n) is 6.43. The van der Waals surface area contributed by atoms with Crippen molar-refractivity contribution < 1.29 is 29.0 Å². The maximum Gasteiger partial charge on any atom is 0.309 e. The van der Waals surface area contributed by atoms with Crippen molar-refractivity contribution >= 4 is 17.8 Å². The van der Waals surface area contributed by atoms with Crippen LogP contribution in [0.25, 0.3) is 0 Å². The standard InChI is InChI=1S/C42H52N2O6/c1-3-5-8-19-36(26-32-15-9-6-10-16-32)42(48)50-31-38-20-13-25-44(38)41(47)35(14-4-2)28-40(46)43-37(29-45)27-33-21-23-39(24-22-33)49-30-34-17-11-7-12-18-34/h3-4,6-7,9-12,15-18,21-24,35-38,45H,1-2,5,8,13-14,19-20,25-31H2,(H,43,46). The third kappa shape index (κ3) is 12.3. The van der Waals surface area contributed by atoms with Gasteiger partial charge in [0.15, 0.2) is 0 Å². The molecule has 2 amide bonds. The molecule has 0 aliphatic carbocycles. The number of benzene rings is 3. The van der Waals surface area contributed by atoms with E-state index < -0.39 is 12.0 Å². The Hall–Kier alpha value is -4.69. The van der Waals surface area contributed by atoms with E-state index in [0.29, 0.717) is 38.8 Å². The van der Waals surface area contributed by atoms with Crippen LogP contribution < -0.4 is 10.1 Å². The second-order valence-electron chi connectivity index (χ2n) is 13.1. The van der Waals surface area contributed by atoms with Gasteiger partial charge < -0.3 is 24.8 Å². The number of hydrogen-bond acceptors (Lipinski definition) is 6. The third-order valence-corrected chi connectivity index (χ3v) is 9.17. The van der Waals surface area contributed by atoms with Crippen LogP contribution in [0.3, 0.4) is 0 Å². The smallest absolute Gasteiger partial charge is 0.309 e. The predicted molar refractivity (Wildman–Crippen MR) is 196 cm³/mol. The Balaban J connectivity index is 1.28. The van der Waals surface area contributed by atoms with Crippen molar-refractivity contribution in [2.45, 2.75) is 76.5 Å². The lowest BCUT2D eigenvalue weighted by Gasteiger charge is -2.29. The number of aliphatic hydroxyl groups is 1. The predicted octanol–water partition coefficient (Wildman–Crippen LogP) is 6.62. The molecule has 0 bridgehead atoms. The van der Waals surface area contributed by atoms with Crippen molar-refractivity contribution in [1.29, 1.82) is 0 Å². The summed E-state index contributed by atoms with van der Waals surface area (Å²) in [5, 5.41) is 13.0. The molecule has 4 unspecified atom stereocenters. The van der Waals surface area contributed by atoms with Crippen LogP contribution >= 0.6 is 0 Å². The number of nitrogens with one attached hydrogen (secondary N) is 1. The number of likely N-dealkylation sites (tertiary alicyclic amines) is 1. The van der Waals surface area contributed by atoms with E-state index in [1.54, 1.807) is 11.0 Å². The number of allylic oxidation sites excluding steroid dienone is 2. The number of ether oxygens (including phenoxy) is 2. The molecule has 2 N–H and O–H groups in total. The molecular weight excluding hydrogens is 628 g/mol. The summed E-state index contributed by atoms with van der Waals surface area (Å²) in [6.45, 7) is 8.53. The highest BCUT2D eigenvalue weighted by Gasteiger charge is 2.35. The minimum Gasteiger partial charge on any atom is -0.489 e. The third-order valence-electron chi connectivity index (χ3n) is 9.17. The summed E-state index contributed by atoms with van der Waals surface area (Å²) >= 11 is 0. The zero-order chi connectivity index (χ0) is 35.6. The van der Waals surface area contributed by atoms with Crippen LogP contribution in [0.5, 0.6) is 5.75 Å². The Labute approximate surface area is 297 Å². The molecule has 1 fully saturated rings. The van der Waals surface area contributed by atoms with Crippen molar-refractivity contribution in [2.75, 3.05) is 19.8 Å². The minimum atomic E-state index is -0.603. The van der Waals surface area contributed by atoms with Gasteiger partial charge in [-0.2, -0.15) is 0 Å². The lowest BCUT2D eigenvalue weighted by molar-refractivity contribution is -0.152. The fourth-order valence-corrected chi connectivity index (χ4v) is 6.43. The second kappa shape index (κ2) is 20.7. The molecule has 0 saturated carbocycles. The largest absolute Gasteiger partial charge is 0.489 e. The van der Waals surface area contributed by atoms with Crippen molar-refractivity contribution in [2.24, 2.45) is 11.8 Å². The normalized spacial score (nSPS) is 15.8. The summed E-state index contributed by atoms with van der Waals surface area (Å²) in [5.74, 6) is -0.837. The molecule has 50 heavy (non-hydrogen) atoms. The number of amides is 2. The van der Waals surface area contributed by atoms with Gasteiger partial charge in [-0.05, 0) is 80.2 Å². The molecule has 8 heteroatoms. The molecule has 3 aromatic carbocycles. The molecule has 0 aromatic heterocycles. The van der Waals surface area contributed by atoms with Crippen molar-refractivity contribution in [3.8, 4) is 5.75 Å². The van der Waals surface area contributed by atoms with E-state index in [4.69, 9.17) is 9.47 Å². The van der Waals surface area contributed by atoms with Crippen LogP contribution in [0, 0.1) is 11.8 Å². The Morgan fingerprint density at radius 2 is 1.56 bits per heavy atom. The molecule has 3 aromatic rings.